The molecule has 2 aromatic rings. The molecule has 3 aliphatic rings. The van der Waals surface area contributed by atoms with Crippen molar-refractivity contribution in [3.8, 4) is 0 Å². The van der Waals surface area contributed by atoms with E-state index in [1.807, 2.05) is 11.8 Å². The lowest BCUT2D eigenvalue weighted by atomic mass is 10.0. The van der Waals surface area contributed by atoms with Gasteiger partial charge in [-0.2, -0.15) is 0 Å². The first kappa shape index (κ1) is 16.2. The molecule has 1 aromatic heterocycles. The lowest BCUT2D eigenvalue weighted by Crippen LogP contribution is -2.34. The van der Waals surface area contributed by atoms with E-state index < -0.39 is 17.2 Å². The molecule has 0 spiro atoms. The summed E-state index contributed by atoms with van der Waals surface area (Å²) in [6.45, 7) is 3.00. The standard InChI is InChI=1S/C19H22F2N4O/c1-9-16-12(13(6-22)15(21)18(26)25(16)11-2-3-11)4-14(20)17(9)24-7-10-5-19(10,23)8-24/h4,10-11H,2-3,5-8,22-23H2,1H3/t10-,19-/m1/s1. The van der Waals surface area contributed by atoms with Crippen LogP contribution < -0.4 is 21.9 Å². The first-order valence-electron chi connectivity index (χ1n) is 9.15. The molecule has 2 saturated carbocycles. The van der Waals surface area contributed by atoms with Crippen LogP contribution in [0.2, 0.25) is 0 Å². The van der Waals surface area contributed by atoms with E-state index >= 15 is 4.39 Å². The summed E-state index contributed by atoms with van der Waals surface area (Å²) in [6.07, 6.45) is 2.65. The number of aromatic nitrogens is 1. The summed E-state index contributed by atoms with van der Waals surface area (Å²) < 4.78 is 31.2. The second-order valence-electron chi connectivity index (χ2n) is 8.15. The van der Waals surface area contributed by atoms with Gasteiger partial charge in [0.25, 0.3) is 5.56 Å². The van der Waals surface area contributed by atoms with E-state index in [1.165, 1.54) is 10.6 Å². The number of piperidine rings is 1. The molecule has 26 heavy (non-hydrogen) atoms. The molecule has 0 amide bonds. The Labute approximate surface area is 149 Å². The molecule has 0 radical (unpaired) electrons. The van der Waals surface area contributed by atoms with Crippen molar-refractivity contribution < 1.29 is 8.78 Å². The summed E-state index contributed by atoms with van der Waals surface area (Å²) in [5.74, 6) is -0.868. The van der Waals surface area contributed by atoms with Gasteiger partial charge in [0.1, 0.15) is 5.82 Å². The Morgan fingerprint density at radius 1 is 1.35 bits per heavy atom. The van der Waals surface area contributed by atoms with Crippen LogP contribution in [0.1, 0.15) is 36.4 Å². The zero-order valence-corrected chi connectivity index (χ0v) is 14.7. The maximum absolute atomic E-state index is 15.1. The number of anilines is 1. The van der Waals surface area contributed by atoms with E-state index in [4.69, 9.17) is 11.5 Å². The number of benzene rings is 1. The molecule has 2 atom stereocenters. The molecule has 0 bridgehead atoms. The summed E-state index contributed by atoms with van der Waals surface area (Å²) in [4.78, 5) is 14.6. The van der Waals surface area contributed by atoms with E-state index in [0.29, 0.717) is 34.6 Å². The Morgan fingerprint density at radius 3 is 2.65 bits per heavy atom. The van der Waals surface area contributed by atoms with E-state index in [1.54, 1.807) is 0 Å². The van der Waals surface area contributed by atoms with Crippen molar-refractivity contribution >= 4 is 16.6 Å². The highest BCUT2D eigenvalue weighted by atomic mass is 19.1. The Hall–Kier alpha value is -1.99. The number of hydrogen-bond acceptors (Lipinski definition) is 4. The zero-order valence-electron chi connectivity index (χ0n) is 14.7. The van der Waals surface area contributed by atoms with Gasteiger partial charge in [-0.1, -0.05) is 0 Å². The monoisotopic (exact) mass is 360 g/mol. The highest BCUT2D eigenvalue weighted by molar-refractivity contribution is 5.90. The smallest absolute Gasteiger partial charge is 0.287 e. The van der Waals surface area contributed by atoms with Gasteiger partial charge in [-0.3, -0.25) is 4.79 Å². The van der Waals surface area contributed by atoms with Crippen LogP contribution in [0.15, 0.2) is 10.9 Å². The predicted octanol–water partition coefficient (Wildman–Crippen LogP) is 1.92. The van der Waals surface area contributed by atoms with Gasteiger partial charge >= 0.3 is 0 Å². The zero-order chi connectivity index (χ0) is 18.4. The number of hydrogen-bond donors (Lipinski definition) is 2. The Balaban J connectivity index is 1.80. The van der Waals surface area contributed by atoms with Gasteiger partial charge in [-0.15, -0.1) is 0 Å². The molecular weight excluding hydrogens is 338 g/mol. The number of nitrogens with two attached hydrogens (primary N) is 2. The molecule has 1 saturated heterocycles. The molecule has 3 fully saturated rings. The molecule has 5 rings (SSSR count). The Morgan fingerprint density at radius 2 is 2.08 bits per heavy atom. The fourth-order valence-electron chi connectivity index (χ4n) is 4.72. The molecule has 138 valence electrons. The van der Waals surface area contributed by atoms with Crippen molar-refractivity contribution in [2.45, 2.75) is 44.3 Å². The van der Waals surface area contributed by atoms with Crippen LogP contribution in [-0.4, -0.2) is 23.2 Å². The fraction of sp³-hybridized carbons (Fsp3) is 0.526. The van der Waals surface area contributed by atoms with Crippen molar-refractivity contribution in [2.75, 3.05) is 18.0 Å². The van der Waals surface area contributed by atoms with Gasteiger partial charge in [0.2, 0.25) is 0 Å². The normalized spacial score (nSPS) is 27.3. The second kappa shape index (κ2) is 5.04. The third-order valence-corrected chi connectivity index (χ3v) is 6.34. The highest BCUT2D eigenvalue weighted by Crippen LogP contribution is 2.50. The molecule has 7 heteroatoms. The van der Waals surface area contributed by atoms with Gasteiger partial charge in [-0.05, 0) is 43.7 Å². The van der Waals surface area contributed by atoms with E-state index in [0.717, 1.165) is 25.8 Å². The van der Waals surface area contributed by atoms with Crippen LogP contribution >= 0.6 is 0 Å². The van der Waals surface area contributed by atoms with Crippen molar-refractivity contribution in [2.24, 2.45) is 17.4 Å². The average molecular weight is 360 g/mol. The number of aryl methyl sites for hydroxylation is 1. The molecule has 2 heterocycles. The maximum atomic E-state index is 15.1. The molecule has 0 unspecified atom stereocenters. The minimum atomic E-state index is -0.859. The van der Waals surface area contributed by atoms with Gasteiger partial charge in [0.05, 0.1) is 11.2 Å². The number of rotatable bonds is 3. The van der Waals surface area contributed by atoms with Gasteiger partial charge in [0, 0.05) is 42.2 Å². The van der Waals surface area contributed by atoms with E-state index in [2.05, 4.69) is 0 Å². The highest BCUT2D eigenvalue weighted by Gasteiger charge is 2.57. The largest absolute Gasteiger partial charge is 0.367 e. The molecule has 1 aromatic carbocycles. The summed E-state index contributed by atoms with van der Waals surface area (Å²) in [6, 6.07) is 1.32. The first-order chi connectivity index (χ1) is 12.4. The van der Waals surface area contributed by atoms with Crippen molar-refractivity contribution in [3.05, 3.63) is 39.2 Å². The molecule has 2 aliphatic carbocycles. The van der Waals surface area contributed by atoms with E-state index in [-0.39, 0.29) is 23.7 Å². The quantitative estimate of drug-likeness (QED) is 0.877. The van der Waals surface area contributed by atoms with Crippen molar-refractivity contribution in [1.82, 2.24) is 4.57 Å². The van der Waals surface area contributed by atoms with Crippen LogP contribution in [-0.2, 0) is 6.54 Å². The third-order valence-electron chi connectivity index (χ3n) is 6.34. The predicted molar refractivity (Wildman–Crippen MR) is 96.3 cm³/mol. The van der Waals surface area contributed by atoms with Gasteiger partial charge in [-0.25, -0.2) is 8.78 Å². The minimum Gasteiger partial charge on any atom is -0.367 e. The molecule has 1 aliphatic heterocycles. The van der Waals surface area contributed by atoms with Crippen LogP contribution in [0, 0.1) is 24.5 Å². The van der Waals surface area contributed by atoms with Crippen LogP contribution in [0.25, 0.3) is 10.9 Å². The third kappa shape index (κ3) is 2.04. The lowest BCUT2D eigenvalue weighted by Gasteiger charge is -2.26. The SMILES string of the molecule is Cc1c(N2C[C@H]3C[C@@]3(N)C2)c(F)cc2c(CN)c(F)c(=O)n(C3CC3)c12. The average Bonchev–Trinajstić information content (AvgIpc) is 3.48. The van der Waals surface area contributed by atoms with Crippen LogP contribution in [0.4, 0.5) is 14.5 Å². The minimum absolute atomic E-state index is 0.0174. The Bertz CT molecular complexity index is 1010. The lowest BCUT2D eigenvalue weighted by molar-refractivity contribution is 0.566. The summed E-state index contributed by atoms with van der Waals surface area (Å²) >= 11 is 0. The Kier molecular flexibility index (Phi) is 3.14. The van der Waals surface area contributed by atoms with Crippen molar-refractivity contribution in [3.63, 3.8) is 0 Å². The number of fused-ring (bicyclic) bond motifs is 2. The first-order valence-corrected chi connectivity index (χ1v) is 9.15. The van der Waals surface area contributed by atoms with Crippen LogP contribution in [0.5, 0.6) is 0 Å². The summed E-state index contributed by atoms with van der Waals surface area (Å²) in [5, 5.41) is 0.405. The molecule has 4 N–H and O–H groups in total. The number of nitrogens with zero attached hydrogens (tertiary/aromatic N) is 2. The number of halogens is 2. The summed E-state index contributed by atoms with van der Waals surface area (Å²) in [7, 11) is 0. The molecule has 5 nitrogen and oxygen atoms in total. The van der Waals surface area contributed by atoms with E-state index in [9.17, 15) is 9.18 Å². The van der Waals surface area contributed by atoms with Gasteiger partial charge in [0.15, 0.2) is 5.82 Å². The number of pyridine rings is 1. The van der Waals surface area contributed by atoms with Gasteiger partial charge < -0.3 is 20.9 Å². The maximum Gasteiger partial charge on any atom is 0.287 e. The molecular formula is C19H22F2N4O. The summed E-state index contributed by atoms with van der Waals surface area (Å²) in [5.41, 5.74) is 13.0. The van der Waals surface area contributed by atoms with Crippen molar-refractivity contribution in [1.29, 1.82) is 0 Å². The topological polar surface area (TPSA) is 77.3 Å². The fourth-order valence-corrected chi connectivity index (χ4v) is 4.72. The second-order valence-corrected chi connectivity index (χ2v) is 8.15. The van der Waals surface area contributed by atoms with Crippen LogP contribution in [0.3, 0.4) is 0 Å².